The lowest BCUT2D eigenvalue weighted by atomic mass is 9.66. The van der Waals surface area contributed by atoms with E-state index in [0.717, 1.165) is 26.1 Å². The van der Waals surface area contributed by atoms with Gasteiger partial charge in [0.15, 0.2) is 0 Å². The zero-order chi connectivity index (χ0) is 24.3. The maximum absolute atomic E-state index is 6.86. The van der Waals surface area contributed by atoms with Gasteiger partial charge < -0.3 is 9.47 Å². The van der Waals surface area contributed by atoms with Gasteiger partial charge in [0.1, 0.15) is 11.2 Å². The van der Waals surface area contributed by atoms with Crippen LogP contribution in [0, 0.1) is 0 Å². The minimum absolute atomic E-state index is 0.524. The molecule has 2 atom stereocenters. The Bertz CT molecular complexity index is 788. The number of unbranched alkanes of at least 4 members (excludes halogenated alkanes) is 10. The van der Waals surface area contributed by atoms with Crippen LogP contribution in [0.15, 0.2) is 48.5 Å². The zero-order valence-corrected chi connectivity index (χ0v) is 22.3. The molecule has 1 aliphatic carbocycles. The van der Waals surface area contributed by atoms with Gasteiger partial charge in [-0.3, -0.25) is 0 Å². The predicted octanol–water partition coefficient (Wildman–Crippen LogP) is 9.55. The maximum atomic E-state index is 6.86. The SMILES string of the molecule is CCCCCCCCOC1(C)c2ccccc2-c2ccccc2C1(C)OCCCCCCCC. The van der Waals surface area contributed by atoms with Crippen molar-refractivity contribution in [2.24, 2.45) is 0 Å². The summed E-state index contributed by atoms with van der Waals surface area (Å²) in [4.78, 5) is 0. The summed E-state index contributed by atoms with van der Waals surface area (Å²) in [5, 5.41) is 0. The van der Waals surface area contributed by atoms with E-state index < -0.39 is 11.2 Å². The van der Waals surface area contributed by atoms with Crippen LogP contribution in [0.5, 0.6) is 0 Å². The first-order valence-electron chi connectivity index (χ1n) is 14.1. The molecule has 0 amide bonds. The fourth-order valence-electron chi connectivity index (χ4n) is 5.53. The summed E-state index contributed by atoms with van der Waals surface area (Å²) >= 11 is 0. The molecule has 2 unspecified atom stereocenters. The first-order chi connectivity index (χ1) is 16.6. The molecular weight excluding hydrogens is 416 g/mol. The molecule has 2 aromatic rings. The van der Waals surface area contributed by atoms with Crippen LogP contribution in [0.25, 0.3) is 11.1 Å². The summed E-state index contributed by atoms with van der Waals surface area (Å²) in [6.45, 7) is 10.6. The van der Waals surface area contributed by atoms with E-state index in [4.69, 9.17) is 9.47 Å². The van der Waals surface area contributed by atoms with Gasteiger partial charge in [-0.2, -0.15) is 0 Å². The minimum Gasteiger partial charge on any atom is -0.367 e. The zero-order valence-electron chi connectivity index (χ0n) is 22.3. The molecule has 2 aromatic carbocycles. The Kier molecular flexibility index (Phi) is 10.7. The van der Waals surface area contributed by atoms with Crippen LogP contribution < -0.4 is 0 Å². The van der Waals surface area contributed by atoms with Gasteiger partial charge in [0.25, 0.3) is 0 Å². The Balaban J connectivity index is 1.78. The maximum Gasteiger partial charge on any atom is 0.124 e. The van der Waals surface area contributed by atoms with E-state index in [0.29, 0.717) is 0 Å². The van der Waals surface area contributed by atoms with Crippen molar-refractivity contribution in [1.29, 1.82) is 0 Å². The van der Waals surface area contributed by atoms with E-state index in [-0.39, 0.29) is 0 Å². The molecular formula is C32H48O2. The van der Waals surface area contributed by atoms with E-state index in [1.807, 2.05) is 0 Å². The molecule has 2 nitrogen and oxygen atoms in total. The molecule has 1 aliphatic rings. The molecule has 0 saturated heterocycles. The van der Waals surface area contributed by atoms with Crippen LogP contribution in [-0.2, 0) is 20.7 Å². The average molecular weight is 465 g/mol. The van der Waals surface area contributed by atoms with Crippen molar-refractivity contribution in [2.45, 2.75) is 116 Å². The fraction of sp³-hybridized carbons (Fsp3) is 0.625. The van der Waals surface area contributed by atoms with Crippen LogP contribution in [0.1, 0.15) is 116 Å². The summed E-state index contributed by atoms with van der Waals surface area (Å²) in [5.41, 5.74) is 4.02. The number of rotatable bonds is 16. The summed E-state index contributed by atoms with van der Waals surface area (Å²) in [7, 11) is 0. The summed E-state index contributed by atoms with van der Waals surface area (Å²) in [6.07, 6.45) is 15.2. The molecule has 0 radical (unpaired) electrons. The van der Waals surface area contributed by atoms with Crippen LogP contribution in [-0.4, -0.2) is 13.2 Å². The predicted molar refractivity (Wildman–Crippen MR) is 145 cm³/mol. The summed E-state index contributed by atoms with van der Waals surface area (Å²) < 4.78 is 13.7. The highest BCUT2D eigenvalue weighted by molar-refractivity contribution is 5.76. The Morgan fingerprint density at radius 2 is 0.853 bits per heavy atom. The van der Waals surface area contributed by atoms with Gasteiger partial charge in [0, 0.05) is 13.2 Å². The average Bonchev–Trinajstić information content (AvgIpc) is 2.86. The van der Waals surface area contributed by atoms with Crippen molar-refractivity contribution in [1.82, 2.24) is 0 Å². The van der Waals surface area contributed by atoms with Gasteiger partial charge in [-0.15, -0.1) is 0 Å². The number of hydrogen-bond donors (Lipinski definition) is 0. The van der Waals surface area contributed by atoms with Crippen LogP contribution in [0.4, 0.5) is 0 Å². The molecule has 0 N–H and O–H groups in total. The fourth-order valence-corrected chi connectivity index (χ4v) is 5.53. The van der Waals surface area contributed by atoms with Crippen molar-refractivity contribution in [3.63, 3.8) is 0 Å². The standard InChI is InChI=1S/C32H48O2/c1-5-7-9-11-13-19-25-33-31(3)29-23-17-15-21-27(29)28-22-16-18-24-30(28)32(31,4)34-26-20-14-12-10-8-6-2/h15-18,21-24H,5-14,19-20,25-26H2,1-4H3. The van der Waals surface area contributed by atoms with Gasteiger partial charge in [-0.1, -0.05) is 127 Å². The quantitative estimate of drug-likeness (QED) is 0.230. The summed E-state index contributed by atoms with van der Waals surface area (Å²) in [5.74, 6) is 0. The highest BCUT2D eigenvalue weighted by Crippen LogP contribution is 2.55. The van der Waals surface area contributed by atoms with Crippen molar-refractivity contribution in [3.8, 4) is 11.1 Å². The number of benzene rings is 2. The first-order valence-corrected chi connectivity index (χ1v) is 14.1. The largest absolute Gasteiger partial charge is 0.367 e. The molecule has 2 heteroatoms. The van der Waals surface area contributed by atoms with E-state index in [2.05, 4.69) is 76.2 Å². The topological polar surface area (TPSA) is 18.5 Å². The third kappa shape index (κ3) is 6.13. The number of fused-ring (bicyclic) bond motifs is 3. The Hall–Kier alpha value is -1.64. The lowest BCUT2D eigenvalue weighted by molar-refractivity contribution is -0.209. The number of hydrogen-bond acceptors (Lipinski definition) is 2. The van der Waals surface area contributed by atoms with Gasteiger partial charge in [0.05, 0.1) is 0 Å². The molecule has 0 heterocycles. The lowest BCUT2D eigenvalue weighted by Gasteiger charge is -2.51. The third-order valence-electron chi connectivity index (χ3n) is 7.86. The third-order valence-corrected chi connectivity index (χ3v) is 7.86. The normalized spacial score (nSPS) is 21.3. The van der Waals surface area contributed by atoms with Gasteiger partial charge in [-0.05, 0) is 48.9 Å². The molecule has 0 aliphatic heterocycles. The Morgan fingerprint density at radius 1 is 0.500 bits per heavy atom. The van der Waals surface area contributed by atoms with Crippen LogP contribution >= 0.6 is 0 Å². The molecule has 0 aromatic heterocycles. The van der Waals surface area contributed by atoms with Crippen molar-refractivity contribution >= 4 is 0 Å². The Labute approximate surface area is 209 Å². The smallest absolute Gasteiger partial charge is 0.124 e. The van der Waals surface area contributed by atoms with Crippen molar-refractivity contribution in [2.75, 3.05) is 13.2 Å². The van der Waals surface area contributed by atoms with Gasteiger partial charge in [0.2, 0.25) is 0 Å². The lowest BCUT2D eigenvalue weighted by Crippen LogP contribution is -2.51. The molecule has 0 bridgehead atoms. The monoisotopic (exact) mass is 464 g/mol. The van der Waals surface area contributed by atoms with Gasteiger partial charge >= 0.3 is 0 Å². The van der Waals surface area contributed by atoms with Crippen molar-refractivity contribution < 1.29 is 9.47 Å². The molecule has 0 spiro atoms. The van der Waals surface area contributed by atoms with E-state index in [9.17, 15) is 0 Å². The van der Waals surface area contributed by atoms with Crippen LogP contribution in [0.2, 0.25) is 0 Å². The summed E-state index contributed by atoms with van der Waals surface area (Å²) in [6, 6.07) is 17.6. The Morgan fingerprint density at radius 3 is 1.26 bits per heavy atom. The minimum atomic E-state index is -0.524. The van der Waals surface area contributed by atoms with E-state index >= 15 is 0 Å². The van der Waals surface area contributed by atoms with Crippen molar-refractivity contribution in [3.05, 3.63) is 59.7 Å². The molecule has 0 saturated carbocycles. The molecule has 3 rings (SSSR count). The second kappa shape index (κ2) is 13.4. The highest BCUT2D eigenvalue weighted by Gasteiger charge is 2.54. The second-order valence-electron chi connectivity index (χ2n) is 10.4. The highest BCUT2D eigenvalue weighted by atomic mass is 16.6. The van der Waals surface area contributed by atoms with E-state index in [1.165, 1.54) is 86.5 Å². The number of ether oxygens (including phenoxy) is 2. The second-order valence-corrected chi connectivity index (χ2v) is 10.4. The molecule has 0 fully saturated rings. The molecule has 188 valence electrons. The molecule has 34 heavy (non-hydrogen) atoms. The first kappa shape index (κ1) is 27.0. The van der Waals surface area contributed by atoms with E-state index in [1.54, 1.807) is 0 Å². The van der Waals surface area contributed by atoms with Crippen LogP contribution in [0.3, 0.4) is 0 Å². The van der Waals surface area contributed by atoms with Gasteiger partial charge in [-0.25, -0.2) is 0 Å².